The molecular weight excluding hydrogens is 645 g/mol. The van der Waals surface area contributed by atoms with Crippen LogP contribution in [0, 0.1) is 29.6 Å². The standard InChI is InChI=1S/C33H24ClF3N2O4S2/c34-17-5-3-4-15(12-17)14-43-18-10-8-16(9-11-18)23-24-19-13-20(27(24)44-29-28(23)45-32(42)38-29)26-25(19)30(40)39(31(26)41)22-7-2-1-6-21(22)33(35,36)37/h1-12,19-20,23-27H,13-14H2,(H,38,42)/t19-,20-,23+,24+,25+,26+,27-/m1/s1. The van der Waals surface area contributed by atoms with Gasteiger partial charge in [0.2, 0.25) is 11.8 Å². The minimum atomic E-state index is -4.72. The predicted octanol–water partition coefficient (Wildman–Crippen LogP) is 7.37. The van der Waals surface area contributed by atoms with Gasteiger partial charge in [-0.3, -0.25) is 14.4 Å². The largest absolute Gasteiger partial charge is 0.489 e. The molecule has 2 amide bonds. The van der Waals surface area contributed by atoms with E-state index in [9.17, 15) is 27.6 Å². The number of aromatic nitrogens is 1. The van der Waals surface area contributed by atoms with Crippen LogP contribution in [0.25, 0.3) is 0 Å². The van der Waals surface area contributed by atoms with E-state index >= 15 is 0 Å². The summed E-state index contributed by atoms with van der Waals surface area (Å²) in [5, 5.41) is 1.31. The number of imide groups is 1. The molecule has 8 rings (SSSR count). The van der Waals surface area contributed by atoms with Gasteiger partial charge in [-0.15, -0.1) is 11.8 Å². The van der Waals surface area contributed by atoms with Gasteiger partial charge in [0.1, 0.15) is 12.4 Å². The number of halogens is 4. The number of nitrogens with one attached hydrogen (secondary N) is 1. The number of hydrogen-bond donors (Lipinski definition) is 1. The highest BCUT2D eigenvalue weighted by Gasteiger charge is 2.70. The summed E-state index contributed by atoms with van der Waals surface area (Å²) in [5.41, 5.74) is 0.482. The molecule has 45 heavy (non-hydrogen) atoms. The molecule has 1 N–H and O–H groups in total. The summed E-state index contributed by atoms with van der Waals surface area (Å²) < 4.78 is 47.8. The quantitative estimate of drug-likeness (QED) is 0.225. The molecule has 6 nitrogen and oxygen atoms in total. The van der Waals surface area contributed by atoms with Gasteiger partial charge in [0, 0.05) is 21.1 Å². The molecule has 4 aromatic rings. The van der Waals surface area contributed by atoms with Crippen molar-refractivity contribution >= 4 is 52.2 Å². The van der Waals surface area contributed by atoms with Gasteiger partial charge < -0.3 is 9.72 Å². The maximum atomic E-state index is 13.9. The average molecular weight is 669 g/mol. The lowest BCUT2D eigenvalue weighted by atomic mass is 9.68. The first-order valence-corrected chi connectivity index (χ1v) is 16.6. The predicted molar refractivity (Wildman–Crippen MR) is 165 cm³/mol. The summed E-state index contributed by atoms with van der Waals surface area (Å²) in [5.74, 6) is -2.56. The van der Waals surface area contributed by atoms with Crippen molar-refractivity contribution in [1.29, 1.82) is 0 Å². The number of anilines is 1. The number of benzene rings is 3. The number of thiazole rings is 1. The number of carbonyl (C=O) groups is 2. The average Bonchev–Trinajstić information content (AvgIpc) is 3.75. The Morgan fingerprint density at radius 1 is 0.933 bits per heavy atom. The van der Waals surface area contributed by atoms with Crippen LogP contribution in [0.5, 0.6) is 5.75 Å². The summed E-state index contributed by atoms with van der Waals surface area (Å²) >= 11 is 8.78. The number of rotatable bonds is 5. The second-order valence-electron chi connectivity index (χ2n) is 12.0. The number of fused-ring (bicyclic) bond motifs is 9. The lowest BCUT2D eigenvalue weighted by Crippen LogP contribution is -2.42. The van der Waals surface area contributed by atoms with Gasteiger partial charge in [0.05, 0.1) is 28.1 Å². The monoisotopic (exact) mass is 668 g/mol. The summed E-state index contributed by atoms with van der Waals surface area (Å²) in [6, 6.07) is 19.9. The van der Waals surface area contributed by atoms with Gasteiger partial charge >= 0.3 is 11.0 Å². The Bertz CT molecular complexity index is 1910. The Kier molecular flexibility index (Phi) is 6.74. The van der Waals surface area contributed by atoms with Gasteiger partial charge in [-0.05, 0) is 71.7 Å². The van der Waals surface area contributed by atoms with Crippen LogP contribution in [0.3, 0.4) is 0 Å². The fourth-order valence-electron chi connectivity index (χ4n) is 8.10. The molecule has 1 saturated heterocycles. The van der Waals surface area contributed by atoms with Crippen LogP contribution in [0.1, 0.15) is 33.9 Å². The molecule has 3 fully saturated rings. The van der Waals surface area contributed by atoms with Crippen molar-refractivity contribution in [3.8, 4) is 5.75 Å². The number of alkyl halides is 3. The molecule has 0 spiro atoms. The van der Waals surface area contributed by atoms with Gasteiger partial charge in [0.25, 0.3) is 0 Å². The van der Waals surface area contributed by atoms with E-state index in [1.165, 1.54) is 30.0 Å². The van der Waals surface area contributed by atoms with Crippen LogP contribution in [0.2, 0.25) is 5.02 Å². The third-order valence-electron chi connectivity index (χ3n) is 9.71. The van der Waals surface area contributed by atoms with Gasteiger partial charge in [-0.25, -0.2) is 4.90 Å². The summed E-state index contributed by atoms with van der Waals surface area (Å²) in [4.78, 5) is 44.8. The lowest BCUT2D eigenvalue weighted by molar-refractivity contribution is -0.137. The van der Waals surface area contributed by atoms with Crippen molar-refractivity contribution in [2.45, 2.75) is 35.4 Å². The Labute approximate surface area is 268 Å². The fraction of sp³-hybridized carbons (Fsp3) is 0.303. The molecule has 1 aromatic heterocycles. The van der Waals surface area contributed by atoms with Crippen molar-refractivity contribution in [2.75, 3.05) is 4.90 Å². The van der Waals surface area contributed by atoms with Crippen LogP contribution < -0.4 is 14.5 Å². The van der Waals surface area contributed by atoms with Crippen molar-refractivity contribution in [2.24, 2.45) is 29.6 Å². The van der Waals surface area contributed by atoms with Crippen LogP contribution in [-0.2, 0) is 22.4 Å². The second-order valence-corrected chi connectivity index (χ2v) is 14.6. The third kappa shape index (κ3) is 4.57. The zero-order valence-corrected chi connectivity index (χ0v) is 25.7. The summed E-state index contributed by atoms with van der Waals surface area (Å²) in [6.45, 7) is 0.338. The third-order valence-corrected chi connectivity index (χ3v) is 12.5. The number of aromatic amines is 1. The van der Waals surface area contributed by atoms with Crippen molar-refractivity contribution in [3.63, 3.8) is 0 Å². The number of para-hydroxylation sites is 1. The van der Waals surface area contributed by atoms with Gasteiger partial charge in [-0.2, -0.15) is 13.2 Å². The maximum Gasteiger partial charge on any atom is 0.418 e. The zero-order chi connectivity index (χ0) is 31.2. The van der Waals surface area contributed by atoms with E-state index < -0.39 is 41.1 Å². The normalized spacial score (nSPS) is 28.3. The van der Waals surface area contributed by atoms with E-state index in [0.29, 0.717) is 23.8 Å². The van der Waals surface area contributed by atoms with E-state index in [1.54, 1.807) is 6.07 Å². The molecule has 2 aliphatic heterocycles. The molecule has 7 atom stereocenters. The topological polar surface area (TPSA) is 79.5 Å². The van der Waals surface area contributed by atoms with E-state index in [1.807, 2.05) is 42.5 Å². The Morgan fingerprint density at radius 3 is 2.40 bits per heavy atom. The number of thioether (sulfide) groups is 1. The molecular formula is C33H24ClF3N2O4S2. The number of amides is 2. The molecule has 3 aromatic carbocycles. The van der Waals surface area contributed by atoms with E-state index in [4.69, 9.17) is 16.3 Å². The Balaban J connectivity index is 1.12. The number of carbonyl (C=O) groups excluding carboxylic acids is 2. The van der Waals surface area contributed by atoms with Crippen molar-refractivity contribution < 1.29 is 27.5 Å². The first-order chi connectivity index (χ1) is 21.6. The van der Waals surface area contributed by atoms with Crippen LogP contribution in [0.15, 0.2) is 82.6 Å². The van der Waals surface area contributed by atoms with Crippen LogP contribution in [-0.4, -0.2) is 22.0 Å². The van der Waals surface area contributed by atoms with Crippen LogP contribution >= 0.6 is 34.7 Å². The molecule has 2 saturated carbocycles. The molecule has 2 bridgehead atoms. The first kappa shape index (κ1) is 28.9. The molecule has 0 unspecified atom stereocenters. The molecule has 3 heterocycles. The number of nitrogens with zero attached hydrogens (tertiary/aromatic N) is 1. The Hall–Kier alpha value is -3.54. The molecule has 0 radical (unpaired) electrons. The van der Waals surface area contributed by atoms with Crippen LogP contribution in [0.4, 0.5) is 18.9 Å². The number of ether oxygens (including phenoxy) is 1. The summed E-state index contributed by atoms with van der Waals surface area (Å²) in [7, 11) is 0. The highest BCUT2D eigenvalue weighted by molar-refractivity contribution is 8.00. The lowest BCUT2D eigenvalue weighted by Gasteiger charge is -2.43. The Morgan fingerprint density at radius 2 is 1.67 bits per heavy atom. The summed E-state index contributed by atoms with van der Waals surface area (Å²) in [6.07, 6.45) is -4.08. The van der Waals surface area contributed by atoms with Gasteiger partial charge in [0.15, 0.2) is 0 Å². The molecule has 4 aliphatic rings. The minimum Gasteiger partial charge on any atom is -0.489 e. The first-order valence-electron chi connectivity index (χ1n) is 14.5. The minimum absolute atomic E-state index is 0.0759. The van der Waals surface area contributed by atoms with E-state index in [-0.39, 0.29) is 33.8 Å². The maximum absolute atomic E-state index is 13.9. The fourth-order valence-corrected chi connectivity index (χ4v) is 11.2. The number of H-pyrrole nitrogens is 1. The highest BCUT2D eigenvalue weighted by atomic mass is 35.5. The highest BCUT2D eigenvalue weighted by Crippen LogP contribution is 2.68. The smallest absolute Gasteiger partial charge is 0.418 e. The second kappa shape index (κ2) is 10.5. The van der Waals surface area contributed by atoms with Gasteiger partial charge in [-0.1, -0.05) is 59.3 Å². The van der Waals surface area contributed by atoms with E-state index in [0.717, 1.165) is 43.3 Å². The van der Waals surface area contributed by atoms with Crippen molar-refractivity contribution in [1.82, 2.24) is 4.98 Å². The molecule has 2 aliphatic carbocycles. The van der Waals surface area contributed by atoms with Crippen molar-refractivity contribution in [3.05, 3.63) is 109 Å². The zero-order valence-electron chi connectivity index (χ0n) is 23.3. The SMILES string of the molecule is O=C1[C@H]2[C@H]3C[C@@H]([C@@H]2C(=O)N1c1ccccc1C(F)(F)F)[C@H]1[C@H](c2ccc(OCc4cccc(Cl)c4)cc2)c2sc(=O)[nH]c2S[C@H]31. The number of hydrogen-bond acceptors (Lipinski definition) is 6. The molecule has 12 heteroatoms. The molecule has 230 valence electrons. The van der Waals surface area contributed by atoms with E-state index in [2.05, 4.69) is 4.98 Å².